The van der Waals surface area contributed by atoms with Crippen molar-refractivity contribution in [2.75, 3.05) is 6.26 Å². The number of hydrogen-bond donors (Lipinski definition) is 0. The molecule has 0 spiro atoms. The zero-order chi connectivity index (χ0) is 16.1. The fraction of sp³-hybridized carbons (Fsp3) is 0.200. The van der Waals surface area contributed by atoms with Gasteiger partial charge in [0.25, 0.3) is 0 Å². The van der Waals surface area contributed by atoms with E-state index in [1.165, 1.54) is 12.3 Å². The first-order valence-corrected chi connectivity index (χ1v) is 8.77. The van der Waals surface area contributed by atoms with E-state index in [9.17, 15) is 8.42 Å². The molecular formula is C15H13ClN2O3S. The van der Waals surface area contributed by atoms with Gasteiger partial charge in [0.15, 0.2) is 21.5 Å². The van der Waals surface area contributed by atoms with Crippen molar-refractivity contribution in [3.8, 4) is 11.5 Å². The first-order valence-electron chi connectivity index (χ1n) is 6.50. The van der Waals surface area contributed by atoms with Crippen molar-refractivity contribution < 1.29 is 12.8 Å². The molecule has 0 N–H and O–H groups in total. The molecule has 3 aromatic rings. The summed E-state index contributed by atoms with van der Waals surface area (Å²) < 4.78 is 29.7. The van der Waals surface area contributed by atoms with Gasteiger partial charge in [0.05, 0.1) is 21.6 Å². The Morgan fingerprint density at radius 2 is 1.95 bits per heavy atom. The van der Waals surface area contributed by atoms with Crippen LogP contribution in [-0.2, 0) is 9.84 Å². The first-order chi connectivity index (χ1) is 10.3. The minimum Gasteiger partial charge on any atom is -0.439 e. The number of pyridine rings is 1. The largest absolute Gasteiger partial charge is 0.439 e. The molecule has 7 heteroatoms. The molecule has 22 heavy (non-hydrogen) atoms. The molecule has 114 valence electrons. The SMILES string of the molecule is Cc1ncc(-c2cc(S(C)(=O)=O)c3ccc(C)c(Cl)c3n2)o1. The van der Waals surface area contributed by atoms with E-state index in [0.29, 0.717) is 33.3 Å². The lowest BCUT2D eigenvalue weighted by Gasteiger charge is -2.09. The molecule has 2 aromatic heterocycles. The number of fused-ring (bicyclic) bond motifs is 1. The van der Waals surface area contributed by atoms with Gasteiger partial charge < -0.3 is 4.42 Å². The van der Waals surface area contributed by atoms with Crippen molar-refractivity contribution in [3.63, 3.8) is 0 Å². The van der Waals surface area contributed by atoms with Crippen LogP contribution in [0.2, 0.25) is 5.02 Å². The summed E-state index contributed by atoms with van der Waals surface area (Å²) in [6, 6.07) is 4.98. The van der Waals surface area contributed by atoms with Crippen LogP contribution in [0.15, 0.2) is 33.7 Å². The van der Waals surface area contributed by atoms with Crippen LogP contribution in [0, 0.1) is 13.8 Å². The van der Waals surface area contributed by atoms with E-state index in [4.69, 9.17) is 16.0 Å². The van der Waals surface area contributed by atoms with Crippen molar-refractivity contribution >= 4 is 32.3 Å². The molecule has 0 aliphatic carbocycles. The van der Waals surface area contributed by atoms with E-state index in [-0.39, 0.29) is 4.90 Å². The zero-order valence-corrected chi connectivity index (χ0v) is 13.8. The third-order valence-corrected chi connectivity index (χ3v) is 4.96. The average molecular weight is 337 g/mol. The number of oxazole rings is 1. The maximum Gasteiger partial charge on any atom is 0.191 e. The number of sulfone groups is 1. The molecule has 0 fully saturated rings. The second-order valence-corrected chi connectivity index (χ2v) is 7.48. The second-order valence-electron chi connectivity index (χ2n) is 5.11. The van der Waals surface area contributed by atoms with Gasteiger partial charge in [0, 0.05) is 18.6 Å². The summed E-state index contributed by atoms with van der Waals surface area (Å²) in [4.78, 5) is 8.65. The van der Waals surface area contributed by atoms with Crippen LogP contribution < -0.4 is 0 Å². The average Bonchev–Trinajstić information content (AvgIpc) is 2.87. The predicted molar refractivity (Wildman–Crippen MR) is 84.8 cm³/mol. The third kappa shape index (κ3) is 2.48. The van der Waals surface area contributed by atoms with Crippen LogP contribution in [0.3, 0.4) is 0 Å². The maximum absolute atomic E-state index is 12.1. The Labute approximate surface area is 132 Å². The lowest BCUT2D eigenvalue weighted by molar-refractivity contribution is 0.532. The number of benzene rings is 1. The highest BCUT2D eigenvalue weighted by molar-refractivity contribution is 7.91. The number of nitrogens with zero attached hydrogens (tertiary/aromatic N) is 2. The highest BCUT2D eigenvalue weighted by Crippen LogP contribution is 2.33. The molecule has 0 saturated heterocycles. The molecule has 0 bridgehead atoms. The van der Waals surface area contributed by atoms with Gasteiger partial charge in [-0.25, -0.2) is 18.4 Å². The Balaban J connectivity index is 2.44. The molecular weight excluding hydrogens is 324 g/mol. The summed E-state index contributed by atoms with van der Waals surface area (Å²) in [6.45, 7) is 3.55. The van der Waals surface area contributed by atoms with E-state index < -0.39 is 9.84 Å². The Hall–Kier alpha value is -1.92. The highest BCUT2D eigenvalue weighted by atomic mass is 35.5. The van der Waals surface area contributed by atoms with E-state index in [0.717, 1.165) is 11.8 Å². The van der Waals surface area contributed by atoms with Crippen LogP contribution in [0.25, 0.3) is 22.4 Å². The summed E-state index contributed by atoms with van der Waals surface area (Å²) in [5, 5.41) is 0.929. The number of halogens is 1. The van der Waals surface area contributed by atoms with Crippen molar-refractivity contribution in [3.05, 3.63) is 40.9 Å². The van der Waals surface area contributed by atoms with Gasteiger partial charge in [-0.3, -0.25) is 0 Å². The highest BCUT2D eigenvalue weighted by Gasteiger charge is 2.19. The molecule has 1 aromatic carbocycles. The molecule has 5 nitrogen and oxygen atoms in total. The predicted octanol–water partition coefficient (Wildman–Crippen LogP) is 3.56. The van der Waals surface area contributed by atoms with Crippen molar-refractivity contribution in [1.82, 2.24) is 9.97 Å². The van der Waals surface area contributed by atoms with E-state index in [1.54, 1.807) is 19.1 Å². The Morgan fingerprint density at radius 3 is 2.55 bits per heavy atom. The lowest BCUT2D eigenvalue weighted by Crippen LogP contribution is -2.01. The summed E-state index contributed by atoms with van der Waals surface area (Å²) >= 11 is 6.31. The van der Waals surface area contributed by atoms with Gasteiger partial charge in [-0.05, 0) is 18.6 Å². The van der Waals surface area contributed by atoms with Crippen molar-refractivity contribution in [2.45, 2.75) is 18.7 Å². The summed E-state index contributed by atoms with van der Waals surface area (Å²) in [6.07, 6.45) is 2.67. The topological polar surface area (TPSA) is 73.1 Å². The molecule has 0 amide bonds. The van der Waals surface area contributed by atoms with Gasteiger partial charge >= 0.3 is 0 Å². The zero-order valence-electron chi connectivity index (χ0n) is 12.2. The monoisotopic (exact) mass is 336 g/mol. The number of hydrogen-bond acceptors (Lipinski definition) is 5. The van der Waals surface area contributed by atoms with Gasteiger partial charge in [-0.1, -0.05) is 23.7 Å². The molecule has 0 aliphatic rings. The number of aryl methyl sites for hydroxylation is 2. The van der Waals surface area contributed by atoms with Crippen LogP contribution >= 0.6 is 11.6 Å². The van der Waals surface area contributed by atoms with Gasteiger partial charge in [-0.15, -0.1) is 0 Å². The molecule has 2 heterocycles. The molecule has 0 saturated carbocycles. The Bertz CT molecular complexity index is 993. The van der Waals surface area contributed by atoms with Gasteiger partial charge in [0.1, 0.15) is 5.69 Å². The molecule has 0 atom stereocenters. The van der Waals surface area contributed by atoms with Crippen LogP contribution in [0.4, 0.5) is 0 Å². The minimum absolute atomic E-state index is 0.170. The summed E-state index contributed by atoms with van der Waals surface area (Å²) in [7, 11) is -3.44. The van der Waals surface area contributed by atoms with Crippen LogP contribution in [0.1, 0.15) is 11.5 Å². The molecule has 0 aliphatic heterocycles. The standard InChI is InChI=1S/C15H13ClN2O3S/c1-8-4-5-10-13(22(3,19)20)6-11(18-15(10)14(8)16)12-7-17-9(2)21-12/h4-7H,1-3H3. The van der Waals surface area contributed by atoms with Crippen LogP contribution in [0.5, 0.6) is 0 Å². The maximum atomic E-state index is 12.1. The quantitative estimate of drug-likeness (QED) is 0.715. The van der Waals surface area contributed by atoms with Crippen molar-refractivity contribution in [1.29, 1.82) is 0 Å². The normalized spacial score (nSPS) is 12.0. The van der Waals surface area contributed by atoms with Crippen molar-refractivity contribution in [2.24, 2.45) is 0 Å². The van der Waals surface area contributed by atoms with E-state index in [1.807, 2.05) is 6.92 Å². The van der Waals surface area contributed by atoms with E-state index in [2.05, 4.69) is 9.97 Å². The molecule has 0 radical (unpaired) electrons. The third-order valence-electron chi connectivity index (χ3n) is 3.35. The van der Waals surface area contributed by atoms with Crippen LogP contribution in [-0.4, -0.2) is 24.6 Å². The molecule has 0 unspecified atom stereocenters. The Morgan fingerprint density at radius 1 is 1.23 bits per heavy atom. The Kier molecular flexibility index (Phi) is 3.45. The summed E-state index contributed by atoms with van der Waals surface area (Å²) in [5.41, 5.74) is 1.65. The second kappa shape index (κ2) is 5.07. The lowest BCUT2D eigenvalue weighted by atomic mass is 10.1. The van der Waals surface area contributed by atoms with Gasteiger partial charge in [0.2, 0.25) is 0 Å². The smallest absolute Gasteiger partial charge is 0.191 e. The number of rotatable bonds is 2. The minimum atomic E-state index is -3.44. The summed E-state index contributed by atoms with van der Waals surface area (Å²) in [5.74, 6) is 0.884. The first kappa shape index (κ1) is 15.0. The fourth-order valence-corrected chi connectivity index (χ4v) is 3.34. The molecule has 3 rings (SSSR count). The van der Waals surface area contributed by atoms with Gasteiger partial charge in [-0.2, -0.15) is 0 Å². The van der Waals surface area contributed by atoms with E-state index >= 15 is 0 Å². The fourth-order valence-electron chi connectivity index (χ4n) is 2.24. The number of aromatic nitrogens is 2.